The number of hydrazone groups is 1. The molecule has 0 bridgehead atoms. The Morgan fingerprint density at radius 2 is 1.74 bits per heavy atom. The van der Waals surface area contributed by atoms with Crippen LogP contribution in [0.5, 0.6) is 0 Å². The van der Waals surface area contributed by atoms with Crippen molar-refractivity contribution in [2.75, 3.05) is 13.1 Å². The van der Waals surface area contributed by atoms with Gasteiger partial charge in [-0.3, -0.25) is 9.59 Å². The summed E-state index contributed by atoms with van der Waals surface area (Å²) in [5.74, 6) is -0.0587. The second-order valence-electron chi connectivity index (χ2n) is 7.94. The van der Waals surface area contributed by atoms with Gasteiger partial charge in [-0.2, -0.15) is 5.10 Å². The molecule has 1 atom stereocenters. The number of benzene rings is 2. The van der Waals surface area contributed by atoms with Crippen LogP contribution in [-0.2, 0) is 9.59 Å². The number of carbonyl (C=O) groups excluding carboxylic acids is 2. The van der Waals surface area contributed by atoms with Crippen LogP contribution in [0.3, 0.4) is 0 Å². The topological polar surface area (TPSA) is 65.9 Å². The lowest BCUT2D eigenvalue weighted by Gasteiger charge is -2.23. The third-order valence-corrected chi connectivity index (χ3v) is 7.06. The second kappa shape index (κ2) is 8.59. The van der Waals surface area contributed by atoms with Crippen LogP contribution in [0.2, 0.25) is 0 Å². The molecule has 2 aliphatic rings. The van der Waals surface area contributed by atoms with Gasteiger partial charge in [-0.25, -0.2) is 9.99 Å². The minimum atomic E-state index is -0.0879. The lowest BCUT2D eigenvalue weighted by atomic mass is 10.1. The van der Waals surface area contributed by atoms with Crippen LogP contribution in [0.25, 0.3) is 10.2 Å². The highest BCUT2D eigenvalue weighted by Gasteiger charge is 2.32. The number of hydrogen-bond donors (Lipinski definition) is 0. The summed E-state index contributed by atoms with van der Waals surface area (Å²) in [6.45, 7) is 1.31. The zero-order valence-corrected chi connectivity index (χ0v) is 18.1. The number of likely N-dealkylation sites (tertiary alicyclic amines) is 1. The number of aromatic nitrogens is 1. The first-order valence-electron chi connectivity index (χ1n) is 10.8. The van der Waals surface area contributed by atoms with Gasteiger partial charge in [0.15, 0.2) is 0 Å². The van der Waals surface area contributed by atoms with Gasteiger partial charge in [0.2, 0.25) is 11.8 Å². The molecule has 2 aromatic carbocycles. The summed E-state index contributed by atoms with van der Waals surface area (Å²) in [4.78, 5) is 32.3. The average molecular weight is 433 g/mol. The fourth-order valence-corrected chi connectivity index (χ4v) is 5.43. The summed E-state index contributed by atoms with van der Waals surface area (Å²) in [5, 5.41) is 7.00. The van der Waals surface area contributed by atoms with E-state index >= 15 is 0 Å². The highest BCUT2D eigenvalue weighted by molar-refractivity contribution is 7.18. The van der Waals surface area contributed by atoms with E-state index in [4.69, 9.17) is 4.98 Å². The van der Waals surface area contributed by atoms with Gasteiger partial charge in [0.25, 0.3) is 0 Å². The standard InChI is InChI=1S/C24H24N4O2S/c29-22(12-13-23(30)28-16-14-18(26-28)17-7-2-1-3-8-17)27-15-6-10-20(27)24-25-19-9-4-5-11-21(19)31-24/h1-5,7-9,11,20H,6,10,12-16H2. The SMILES string of the molecule is O=C(CCC(=O)N1CCCC1c1nc2ccccc2s1)N1CCC(c2ccccc2)=N1. The van der Waals surface area contributed by atoms with Crippen molar-refractivity contribution in [2.24, 2.45) is 5.10 Å². The van der Waals surface area contributed by atoms with Crippen LogP contribution in [0, 0.1) is 0 Å². The highest BCUT2D eigenvalue weighted by Crippen LogP contribution is 2.36. The molecular formula is C24H24N4O2S. The Morgan fingerprint density at radius 1 is 0.968 bits per heavy atom. The number of thiazole rings is 1. The van der Waals surface area contributed by atoms with Crippen LogP contribution in [0.15, 0.2) is 59.7 Å². The minimum absolute atomic E-state index is 0.0227. The fraction of sp³-hybridized carbons (Fsp3) is 0.333. The molecule has 158 valence electrons. The molecule has 0 aliphatic carbocycles. The third-order valence-electron chi connectivity index (χ3n) is 5.92. The van der Waals surface area contributed by atoms with Crippen LogP contribution in [-0.4, -0.2) is 45.5 Å². The number of carbonyl (C=O) groups is 2. The molecule has 1 aromatic heterocycles. The maximum Gasteiger partial charge on any atom is 0.243 e. The molecule has 31 heavy (non-hydrogen) atoms. The average Bonchev–Trinajstić information content (AvgIpc) is 3.56. The summed E-state index contributed by atoms with van der Waals surface area (Å²) >= 11 is 1.66. The van der Waals surface area contributed by atoms with Gasteiger partial charge in [-0.1, -0.05) is 42.5 Å². The Morgan fingerprint density at radius 3 is 2.58 bits per heavy atom. The van der Waals surface area contributed by atoms with Gasteiger partial charge in [-0.05, 0) is 30.5 Å². The van der Waals surface area contributed by atoms with E-state index in [1.165, 1.54) is 5.01 Å². The molecule has 7 heteroatoms. The van der Waals surface area contributed by atoms with E-state index in [0.717, 1.165) is 52.3 Å². The Kier molecular flexibility index (Phi) is 5.51. The minimum Gasteiger partial charge on any atom is -0.333 e. The molecule has 0 N–H and O–H groups in total. The zero-order valence-electron chi connectivity index (χ0n) is 17.2. The summed E-state index contributed by atoms with van der Waals surface area (Å²) in [6.07, 6.45) is 3.05. The first-order chi connectivity index (χ1) is 15.2. The molecule has 0 radical (unpaired) electrons. The Hall–Kier alpha value is -3.06. The summed E-state index contributed by atoms with van der Waals surface area (Å²) in [5.41, 5.74) is 2.96. The van der Waals surface area contributed by atoms with E-state index in [-0.39, 0.29) is 30.7 Å². The Labute approximate surface area is 185 Å². The van der Waals surface area contributed by atoms with Crippen LogP contribution in [0.4, 0.5) is 0 Å². The first-order valence-corrected chi connectivity index (χ1v) is 11.6. The third kappa shape index (κ3) is 4.10. The van der Waals surface area contributed by atoms with Gasteiger partial charge < -0.3 is 4.90 Å². The maximum absolute atomic E-state index is 12.9. The molecule has 2 aliphatic heterocycles. The van der Waals surface area contributed by atoms with Crippen LogP contribution >= 0.6 is 11.3 Å². The molecule has 1 saturated heterocycles. The molecule has 3 aromatic rings. The smallest absolute Gasteiger partial charge is 0.243 e. The summed E-state index contributed by atoms with van der Waals surface area (Å²) in [6, 6.07) is 18.0. The van der Waals surface area contributed by atoms with E-state index in [1.807, 2.05) is 53.4 Å². The van der Waals surface area contributed by atoms with Crippen molar-refractivity contribution in [1.29, 1.82) is 0 Å². The van der Waals surface area contributed by atoms with Crippen molar-refractivity contribution >= 4 is 39.1 Å². The fourth-order valence-electron chi connectivity index (χ4n) is 4.31. The van der Waals surface area contributed by atoms with Crippen molar-refractivity contribution in [3.8, 4) is 0 Å². The van der Waals surface area contributed by atoms with E-state index < -0.39 is 0 Å². The molecule has 3 heterocycles. The molecule has 1 unspecified atom stereocenters. The van der Waals surface area contributed by atoms with E-state index in [1.54, 1.807) is 11.3 Å². The molecule has 0 saturated carbocycles. The Bertz CT molecular complexity index is 1110. The number of fused-ring (bicyclic) bond motifs is 1. The van der Waals surface area contributed by atoms with Crippen molar-refractivity contribution in [2.45, 2.75) is 38.1 Å². The van der Waals surface area contributed by atoms with Gasteiger partial charge in [0, 0.05) is 25.8 Å². The zero-order chi connectivity index (χ0) is 21.2. The number of rotatable bonds is 5. The molecular weight excluding hydrogens is 408 g/mol. The largest absolute Gasteiger partial charge is 0.333 e. The van der Waals surface area contributed by atoms with E-state index in [9.17, 15) is 9.59 Å². The van der Waals surface area contributed by atoms with Crippen LogP contribution in [0.1, 0.15) is 48.7 Å². The summed E-state index contributed by atoms with van der Waals surface area (Å²) in [7, 11) is 0. The molecule has 1 fully saturated rings. The van der Waals surface area contributed by atoms with Gasteiger partial charge in [0.1, 0.15) is 5.01 Å². The highest BCUT2D eigenvalue weighted by atomic mass is 32.1. The Balaban J connectivity index is 1.21. The van der Waals surface area contributed by atoms with Crippen molar-refractivity contribution in [1.82, 2.24) is 14.9 Å². The molecule has 5 rings (SSSR count). The predicted octanol–water partition coefficient (Wildman–Crippen LogP) is 4.38. The van der Waals surface area contributed by atoms with Crippen molar-refractivity contribution in [3.05, 3.63) is 65.2 Å². The summed E-state index contributed by atoms with van der Waals surface area (Å²) < 4.78 is 1.15. The molecule has 0 spiro atoms. The number of para-hydroxylation sites is 1. The normalized spacial score (nSPS) is 18.6. The number of hydrogen-bond acceptors (Lipinski definition) is 5. The monoisotopic (exact) mass is 432 g/mol. The van der Waals surface area contributed by atoms with Gasteiger partial charge in [-0.15, -0.1) is 11.3 Å². The van der Waals surface area contributed by atoms with Crippen molar-refractivity contribution in [3.63, 3.8) is 0 Å². The number of nitrogens with zero attached hydrogens (tertiary/aromatic N) is 4. The molecule has 2 amide bonds. The lowest BCUT2D eigenvalue weighted by Crippen LogP contribution is -2.32. The first kappa shape index (κ1) is 19.9. The number of amides is 2. The maximum atomic E-state index is 12.9. The lowest BCUT2D eigenvalue weighted by molar-refractivity contribution is -0.137. The van der Waals surface area contributed by atoms with Gasteiger partial charge >= 0.3 is 0 Å². The predicted molar refractivity (Wildman–Crippen MR) is 122 cm³/mol. The van der Waals surface area contributed by atoms with Crippen LogP contribution < -0.4 is 0 Å². The second-order valence-corrected chi connectivity index (χ2v) is 9.01. The van der Waals surface area contributed by atoms with E-state index in [2.05, 4.69) is 11.2 Å². The van der Waals surface area contributed by atoms with Crippen molar-refractivity contribution < 1.29 is 9.59 Å². The quantitative estimate of drug-likeness (QED) is 0.601. The molecule has 6 nitrogen and oxygen atoms in total. The van der Waals surface area contributed by atoms with E-state index in [0.29, 0.717) is 6.54 Å². The van der Waals surface area contributed by atoms with Gasteiger partial charge in [0.05, 0.1) is 28.5 Å².